The molecule has 3 heterocycles. The van der Waals surface area contributed by atoms with Crippen LogP contribution in [0, 0.1) is 5.82 Å². The maximum atomic E-state index is 13.5. The molecule has 8 heteroatoms. The van der Waals surface area contributed by atoms with Crippen molar-refractivity contribution in [3.8, 4) is 0 Å². The first-order valence-electron chi connectivity index (χ1n) is 10.8. The molecular formula is C25H22FN5O2. The fourth-order valence-corrected chi connectivity index (χ4v) is 4.22. The van der Waals surface area contributed by atoms with Gasteiger partial charge in [-0.05, 0) is 29.3 Å². The van der Waals surface area contributed by atoms with Gasteiger partial charge in [0.2, 0.25) is 5.95 Å². The van der Waals surface area contributed by atoms with Gasteiger partial charge in [-0.1, -0.05) is 42.5 Å². The van der Waals surface area contributed by atoms with E-state index in [2.05, 4.69) is 14.9 Å². The van der Waals surface area contributed by atoms with Gasteiger partial charge in [-0.15, -0.1) is 0 Å². The zero-order valence-electron chi connectivity index (χ0n) is 17.9. The smallest absolute Gasteiger partial charge is 0.278 e. The summed E-state index contributed by atoms with van der Waals surface area (Å²) in [7, 11) is 0. The summed E-state index contributed by atoms with van der Waals surface area (Å²) in [5, 5.41) is 0. The SMILES string of the molecule is O=C1C(c2ccccc2)=C(N2CCN(c3ncccn3)CC2)C(=O)N1Cc1ccc(F)cc1. The first-order chi connectivity index (χ1) is 16.1. The number of anilines is 1. The van der Waals surface area contributed by atoms with Gasteiger partial charge < -0.3 is 9.80 Å². The third kappa shape index (κ3) is 4.07. The summed E-state index contributed by atoms with van der Waals surface area (Å²) in [4.78, 5) is 40.9. The predicted octanol–water partition coefficient (Wildman–Crippen LogP) is 2.72. The molecule has 2 aromatic carbocycles. The van der Waals surface area contributed by atoms with Crippen LogP contribution < -0.4 is 4.90 Å². The van der Waals surface area contributed by atoms with Gasteiger partial charge in [0.15, 0.2) is 0 Å². The zero-order valence-corrected chi connectivity index (χ0v) is 17.9. The second-order valence-electron chi connectivity index (χ2n) is 7.94. The largest absolute Gasteiger partial charge is 0.363 e. The van der Waals surface area contributed by atoms with E-state index in [9.17, 15) is 14.0 Å². The number of hydrogen-bond donors (Lipinski definition) is 0. The quantitative estimate of drug-likeness (QED) is 0.565. The molecule has 1 fully saturated rings. The standard InChI is InChI=1S/C25H22FN5O2/c26-20-9-7-18(8-10-20)17-31-23(32)21(19-5-2-1-3-6-19)22(24(31)33)29-13-15-30(16-14-29)25-27-11-4-12-28-25/h1-12H,13-17H2. The van der Waals surface area contributed by atoms with Crippen LogP contribution in [-0.2, 0) is 16.1 Å². The van der Waals surface area contributed by atoms with Crippen LogP contribution in [0.5, 0.6) is 0 Å². The van der Waals surface area contributed by atoms with Crippen molar-refractivity contribution in [1.82, 2.24) is 19.8 Å². The van der Waals surface area contributed by atoms with Crippen molar-refractivity contribution in [2.45, 2.75) is 6.54 Å². The highest BCUT2D eigenvalue weighted by Gasteiger charge is 2.42. The Labute approximate surface area is 190 Å². The molecule has 0 atom stereocenters. The number of piperazine rings is 1. The van der Waals surface area contributed by atoms with Crippen LogP contribution in [0.25, 0.3) is 5.57 Å². The number of aromatic nitrogens is 2. The van der Waals surface area contributed by atoms with Gasteiger partial charge in [0.1, 0.15) is 11.5 Å². The molecule has 2 aliphatic heterocycles. The molecule has 0 unspecified atom stereocenters. The van der Waals surface area contributed by atoms with Crippen LogP contribution in [0.4, 0.5) is 10.3 Å². The molecule has 3 aromatic rings. The maximum absolute atomic E-state index is 13.5. The Bertz CT molecular complexity index is 1190. The lowest BCUT2D eigenvalue weighted by molar-refractivity contribution is -0.138. The highest BCUT2D eigenvalue weighted by Crippen LogP contribution is 2.33. The summed E-state index contributed by atoms with van der Waals surface area (Å²) in [6.45, 7) is 2.49. The molecule has 5 rings (SSSR count). The molecule has 0 spiro atoms. The van der Waals surface area contributed by atoms with Gasteiger partial charge in [0.25, 0.3) is 11.8 Å². The molecule has 0 N–H and O–H groups in total. The summed E-state index contributed by atoms with van der Waals surface area (Å²) >= 11 is 0. The van der Waals surface area contributed by atoms with Crippen LogP contribution in [0.2, 0.25) is 0 Å². The van der Waals surface area contributed by atoms with Crippen LogP contribution in [0.3, 0.4) is 0 Å². The number of amides is 2. The number of rotatable bonds is 5. The maximum Gasteiger partial charge on any atom is 0.278 e. The van der Waals surface area contributed by atoms with Crippen molar-refractivity contribution in [2.75, 3.05) is 31.1 Å². The van der Waals surface area contributed by atoms with E-state index in [-0.39, 0.29) is 24.2 Å². The van der Waals surface area contributed by atoms with E-state index in [1.54, 1.807) is 30.6 Å². The minimum absolute atomic E-state index is 0.0929. The summed E-state index contributed by atoms with van der Waals surface area (Å²) < 4.78 is 13.3. The molecule has 33 heavy (non-hydrogen) atoms. The van der Waals surface area contributed by atoms with E-state index in [0.29, 0.717) is 54.5 Å². The molecule has 0 saturated carbocycles. The number of halogens is 1. The fraction of sp³-hybridized carbons (Fsp3) is 0.200. The summed E-state index contributed by atoms with van der Waals surface area (Å²) in [5.41, 5.74) is 2.23. The van der Waals surface area contributed by atoms with Crippen LogP contribution in [0.15, 0.2) is 78.8 Å². The number of carbonyl (C=O) groups excluding carboxylic acids is 2. The topological polar surface area (TPSA) is 69.6 Å². The highest BCUT2D eigenvalue weighted by molar-refractivity contribution is 6.35. The van der Waals surface area contributed by atoms with E-state index in [4.69, 9.17) is 0 Å². The molecule has 2 aliphatic rings. The van der Waals surface area contributed by atoms with Gasteiger partial charge in [-0.3, -0.25) is 14.5 Å². The van der Waals surface area contributed by atoms with Crippen molar-refractivity contribution in [1.29, 1.82) is 0 Å². The Morgan fingerprint density at radius 2 is 1.39 bits per heavy atom. The van der Waals surface area contributed by atoms with Crippen molar-refractivity contribution >= 4 is 23.3 Å². The van der Waals surface area contributed by atoms with E-state index in [1.807, 2.05) is 35.2 Å². The van der Waals surface area contributed by atoms with E-state index in [1.165, 1.54) is 17.0 Å². The number of nitrogens with zero attached hydrogens (tertiary/aromatic N) is 5. The lowest BCUT2D eigenvalue weighted by atomic mass is 10.0. The average molecular weight is 443 g/mol. The van der Waals surface area contributed by atoms with Gasteiger partial charge in [0, 0.05) is 38.6 Å². The van der Waals surface area contributed by atoms with Crippen LogP contribution in [-0.4, -0.2) is 57.8 Å². The van der Waals surface area contributed by atoms with Gasteiger partial charge in [-0.2, -0.15) is 0 Å². The van der Waals surface area contributed by atoms with E-state index < -0.39 is 0 Å². The molecular weight excluding hydrogens is 421 g/mol. The Kier molecular flexibility index (Phi) is 5.56. The lowest BCUT2D eigenvalue weighted by Gasteiger charge is -2.36. The Morgan fingerprint density at radius 3 is 2.06 bits per heavy atom. The van der Waals surface area contributed by atoms with Crippen molar-refractivity contribution in [3.63, 3.8) is 0 Å². The Balaban J connectivity index is 1.43. The average Bonchev–Trinajstić information content (AvgIpc) is 3.11. The molecule has 2 amide bonds. The molecule has 1 saturated heterocycles. The molecule has 0 aliphatic carbocycles. The van der Waals surface area contributed by atoms with E-state index >= 15 is 0 Å². The molecule has 1 aromatic heterocycles. The first kappa shape index (κ1) is 20.8. The third-order valence-electron chi connectivity index (χ3n) is 5.89. The molecule has 0 radical (unpaired) electrons. The van der Waals surface area contributed by atoms with Crippen LogP contribution in [0.1, 0.15) is 11.1 Å². The van der Waals surface area contributed by atoms with Crippen molar-refractivity contribution < 1.29 is 14.0 Å². The fourth-order valence-electron chi connectivity index (χ4n) is 4.22. The lowest BCUT2D eigenvalue weighted by Crippen LogP contribution is -2.48. The molecule has 7 nitrogen and oxygen atoms in total. The monoisotopic (exact) mass is 443 g/mol. The van der Waals surface area contributed by atoms with Crippen molar-refractivity contribution in [3.05, 3.63) is 95.7 Å². The van der Waals surface area contributed by atoms with E-state index in [0.717, 1.165) is 0 Å². The third-order valence-corrected chi connectivity index (χ3v) is 5.89. The first-order valence-corrected chi connectivity index (χ1v) is 10.8. The minimum Gasteiger partial charge on any atom is -0.363 e. The van der Waals surface area contributed by atoms with Gasteiger partial charge in [0.05, 0.1) is 12.1 Å². The second-order valence-corrected chi connectivity index (χ2v) is 7.94. The highest BCUT2D eigenvalue weighted by atomic mass is 19.1. The predicted molar refractivity (Wildman–Crippen MR) is 121 cm³/mol. The van der Waals surface area contributed by atoms with Gasteiger partial charge >= 0.3 is 0 Å². The van der Waals surface area contributed by atoms with Crippen molar-refractivity contribution in [2.24, 2.45) is 0 Å². The van der Waals surface area contributed by atoms with Gasteiger partial charge in [-0.25, -0.2) is 14.4 Å². The Hall–Kier alpha value is -4.07. The summed E-state index contributed by atoms with van der Waals surface area (Å²) in [6.07, 6.45) is 3.41. The molecule has 166 valence electrons. The summed E-state index contributed by atoms with van der Waals surface area (Å²) in [5.74, 6) is -0.366. The normalized spacial score (nSPS) is 16.7. The number of benzene rings is 2. The summed E-state index contributed by atoms with van der Waals surface area (Å²) in [6, 6.07) is 16.9. The second kappa shape index (κ2) is 8.82. The number of imide groups is 1. The number of carbonyl (C=O) groups is 2. The number of hydrogen-bond acceptors (Lipinski definition) is 6. The zero-order chi connectivity index (χ0) is 22.8. The van der Waals surface area contributed by atoms with Crippen LogP contribution >= 0.6 is 0 Å². The molecule has 0 bridgehead atoms. The minimum atomic E-state index is -0.359. The Morgan fingerprint density at radius 1 is 0.758 bits per heavy atom.